The predicted octanol–water partition coefficient (Wildman–Crippen LogP) is -0.281. The molecule has 2 aliphatic rings. The summed E-state index contributed by atoms with van der Waals surface area (Å²) in [6, 6.07) is 0. The van der Waals surface area contributed by atoms with Crippen LogP contribution in [-0.2, 0) is 28.6 Å². The standard InChI is InChI=1S/C8H14O6S2/c9-15(10)5-7(3-13-15)1-2-8-4-14-16(11,12)6-8/h7-8H,1-6H2. The Morgan fingerprint density at radius 1 is 0.812 bits per heavy atom. The van der Waals surface area contributed by atoms with Crippen LogP contribution >= 0.6 is 0 Å². The van der Waals surface area contributed by atoms with Gasteiger partial charge < -0.3 is 0 Å². The third kappa shape index (κ3) is 3.16. The van der Waals surface area contributed by atoms with Crippen LogP contribution in [0.2, 0.25) is 0 Å². The lowest BCUT2D eigenvalue weighted by Crippen LogP contribution is -2.11. The first-order chi connectivity index (χ1) is 7.36. The van der Waals surface area contributed by atoms with Crippen LogP contribution in [0.1, 0.15) is 12.8 Å². The van der Waals surface area contributed by atoms with Crippen LogP contribution in [-0.4, -0.2) is 41.6 Å². The number of rotatable bonds is 3. The van der Waals surface area contributed by atoms with Crippen LogP contribution in [0.4, 0.5) is 0 Å². The molecule has 0 aromatic rings. The first-order valence-corrected chi connectivity index (χ1v) is 8.26. The van der Waals surface area contributed by atoms with Crippen LogP contribution in [0.5, 0.6) is 0 Å². The Bertz CT molecular complexity index is 407. The zero-order chi connectivity index (χ0) is 11.8. The Kier molecular flexibility index (Phi) is 3.26. The van der Waals surface area contributed by atoms with E-state index in [1.54, 1.807) is 0 Å². The van der Waals surface area contributed by atoms with Gasteiger partial charge in [-0.15, -0.1) is 0 Å². The maximum Gasteiger partial charge on any atom is 0.267 e. The smallest absolute Gasteiger partial charge is 0.267 e. The lowest BCUT2D eigenvalue weighted by Gasteiger charge is -2.08. The summed E-state index contributed by atoms with van der Waals surface area (Å²) < 4.78 is 53.3. The molecule has 0 bridgehead atoms. The largest absolute Gasteiger partial charge is 0.270 e. The van der Waals surface area contributed by atoms with E-state index in [0.717, 1.165) is 0 Å². The lowest BCUT2D eigenvalue weighted by molar-refractivity contribution is 0.272. The quantitative estimate of drug-likeness (QED) is 0.655. The van der Waals surface area contributed by atoms with Gasteiger partial charge in [-0.3, -0.25) is 8.37 Å². The molecule has 6 nitrogen and oxygen atoms in total. The summed E-state index contributed by atoms with van der Waals surface area (Å²) >= 11 is 0. The SMILES string of the molecule is O=S1(=O)CC(CCC2COS(=O)(=O)C2)CO1. The molecule has 2 saturated heterocycles. The molecule has 0 aromatic heterocycles. The fraction of sp³-hybridized carbons (Fsp3) is 1.00. The molecule has 0 radical (unpaired) electrons. The zero-order valence-electron chi connectivity index (χ0n) is 8.66. The van der Waals surface area contributed by atoms with E-state index in [1.807, 2.05) is 0 Å². The van der Waals surface area contributed by atoms with Crippen LogP contribution in [0.3, 0.4) is 0 Å². The van der Waals surface area contributed by atoms with Gasteiger partial charge in [0.05, 0.1) is 24.7 Å². The maximum absolute atomic E-state index is 11.0. The van der Waals surface area contributed by atoms with Crippen molar-refractivity contribution in [2.45, 2.75) is 12.8 Å². The fourth-order valence-electron chi connectivity index (χ4n) is 1.97. The molecular weight excluding hydrogens is 256 g/mol. The zero-order valence-corrected chi connectivity index (χ0v) is 10.3. The average Bonchev–Trinajstić information content (AvgIpc) is 2.66. The molecule has 0 N–H and O–H groups in total. The van der Waals surface area contributed by atoms with Crippen molar-refractivity contribution >= 4 is 20.2 Å². The Labute approximate surface area is 95.2 Å². The molecule has 2 aliphatic heterocycles. The first kappa shape index (κ1) is 12.3. The highest BCUT2D eigenvalue weighted by molar-refractivity contribution is 7.87. The monoisotopic (exact) mass is 270 g/mol. The third-order valence-corrected chi connectivity index (χ3v) is 5.58. The topological polar surface area (TPSA) is 86.7 Å². The van der Waals surface area contributed by atoms with E-state index in [0.29, 0.717) is 12.8 Å². The molecule has 2 fully saturated rings. The third-order valence-electron chi connectivity index (χ3n) is 2.83. The minimum Gasteiger partial charge on any atom is -0.270 e. The van der Waals surface area contributed by atoms with Crippen molar-refractivity contribution in [3.8, 4) is 0 Å². The number of hydrogen-bond acceptors (Lipinski definition) is 6. The number of hydrogen-bond donors (Lipinski definition) is 0. The fourth-order valence-corrected chi connectivity index (χ4v) is 4.65. The molecule has 8 heteroatoms. The molecule has 0 amide bonds. The van der Waals surface area contributed by atoms with Crippen molar-refractivity contribution in [3.05, 3.63) is 0 Å². The Hall–Kier alpha value is -0.180. The highest BCUT2D eigenvalue weighted by atomic mass is 32.2. The average molecular weight is 270 g/mol. The molecule has 0 aromatic carbocycles. The predicted molar refractivity (Wildman–Crippen MR) is 55.7 cm³/mol. The molecule has 16 heavy (non-hydrogen) atoms. The summed E-state index contributed by atoms with van der Waals surface area (Å²) in [6.45, 7) is 0.450. The van der Waals surface area contributed by atoms with Gasteiger partial charge >= 0.3 is 0 Å². The van der Waals surface area contributed by atoms with Crippen LogP contribution in [0, 0.1) is 11.8 Å². The van der Waals surface area contributed by atoms with E-state index in [9.17, 15) is 16.8 Å². The molecule has 2 heterocycles. The lowest BCUT2D eigenvalue weighted by atomic mass is 9.99. The van der Waals surface area contributed by atoms with Crippen LogP contribution in [0.25, 0.3) is 0 Å². The molecule has 0 aliphatic carbocycles. The summed E-state index contributed by atoms with van der Waals surface area (Å²) in [5.74, 6) is 0.0855. The van der Waals surface area contributed by atoms with Gasteiger partial charge in [-0.1, -0.05) is 0 Å². The minimum atomic E-state index is -3.31. The Morgan fingerprint density at radius 2 is 1.19 bits per heavy atom. The summed E-state index contributed by atoms with van der Waals surface area (Å²) in [7, 11) is -6.63. The van der Waals surface area contributed by atoms with Gasteiger partial charge in [0.15, 0.2) is 0 Å². The van der Waals surface area contributed by atoms with Crippen LogP contribution in [0.15, 0.2) is 0 Å². The molecule has 0 saturated carbocycles. The van der Waals surface area contributed by atoms with Crippen molar-refractivity contribution in [2.24, 2.45) is 11.8 Å². The van der Waals surface area contributed by atoms with Gasteiger partial charge in [0.1, 0.15) is 0 Å². The van der Waals surface area contributed by atoms with E-state index >= 15 is 0 Å². The highest BCUT2D eigenvalue weighted by Gasteiger charge is 2.32. The first-order valence-electron chi connectivity index (χ1n) is 5.10. The summed E-state index contributed by atoms with van der Waals surface area (Å²) in [5, 5.41) is 0. The summed E-state index contributed by atoms with van der Waals surface area (Å²) in [5.41, 5.74) is 0. The Morgan fingerprint density at radius 3 is 1.44 bits per heavy atom. The Balaban J connectivity index is 1.77. The highest BCUT2D eigenvalue weighted by Crippen LogP contribution is 2.25. The maximum atomic E-state index is 11.0. The van der Waals surface area contributed by atoms with Crippen molar-refractivity contribution in [1.29, 1.82) is 0 Å². The summed E-state index contributed by atoms with van der Waals surface area (Å²) in [6.07, 6.45) is 1.34. The summed E-state index contributed by atoms with van der Waals surface area (Å²) in [4.78, 5) is 0. The van der Waals surface area contributed by atoms with Gasteiger partial charge in [-0.05, 0) is 24.7 Å². The molecule has 2 unspecified atom stereocenters. The van der Waals surface area contributed by atoms with Crippen molar-refractivity contribution < 1.29 is 25.2 Å². The van der Waals surface area contributed by atoms with Crippen molar-refractivity contribution in [1.82, 2.24) is 0 Å². The second kappa shape index (κ2) is 4.25. The van der Waals surface area contributed by atoms with Gasteiger partial charge in [0, 0.05) is 0 Å². The van der Waals surface area contributed by atoms with Gasteiger partial charge in [0.25, 0.3) is 20.2 Å². The van der Waals surface area contributed by atoms with Crippen molar-refractivity contribution in [2.75, 3.05) is 24.7 Å². The van der Waals surface area contributed by atoms with Crippen molar-refractivity contribution in [3.63, 3.8) is 0 Å². The van der Waals surface area contributed by atoms with Gasteiger partial charge in [-0.2, -0.15) is 16.8 Å². The second-order valence-electron chi connectivity index (χ2n) is 4.33. The molecular formula is C8H14O6S2. The van der Waals surface area contributed by atoms with E-state index in [-0.39, 0.29) is 36.6 Å². The molecule has 2 atom stereocenters. The van der Waals surface area contributed by atoms with E-state index in [2.05, 4.69) is 8.37 Å². The normalized spacial score (nSPS) is 36.5. The molecule has 2 rings (SSSR count). The van der Waals surface area contributed by atoms with Gasteiger partial charge in [-0.25, -0.2) is 0 Å². The molecule has 0 spiro atoms. The van der Waals surface area contributed by atoms with E-state index in [4.69, 9.17) is 0 Å². The van der Waals surface area contributed by atoms with Crippen LogP contribution < -0.4 is 0 Å². The van der Waals surface area contributed by atoms with E-state index in [1.165, 1.54) is 0 Å². The second-order valence-corrected chi connectivity index (χ2v) is 7.70. The van der Waals surface area contributed by atoms with E-state index < -0.39 is 20.2 Å². The molecule has 94 valence electrons. The van der Waals surface area contributed by atoms with Gasteiger partial charge in [0.2, 0.25) is 0 Å². The minimum absolute atomic E-state index is 0.00620.